The highest BCUT2D eigenvalue weighted by Crippen LogP contribution is 2.34. The predicted octanol–water partition coefficient (Wildman–Crippen LogP) is 1.95. The van der Waals surface area contributed by atoms with Crippen LogP contribution in [0, 0.1) is 6.92 Å². The van der Waals surface area contributed by atoms with Crippen molar-refractivity contribution in [3.8, 4) is 28.6 Å². The third-order valence-corrected chi connectivity index (χ3v) is 5.52. The SMILES string of the molecule is CCOC(=O)Cn1c(=O)n(-c2ccc3c(c2)OCO3)c2nc(-c3ccc(C)cc3)nc(C(N)=O)c21. The van der Waals surface area contributed by atoms with Crippen molar-refractivity contribution in [2.24, 2.45) is 5.73 Å². The second-order valence-electron chi connectivity index (χ2n) is 7.85. The van der Waals surface area contributed by atoms with Crippen LogP contribution in [0.5, 0.6) is 11.5 Å². The van der Waals surface area contributed by atoms with Crippen LogP contribution >= 0.6 is 0 Å². The van der Waals surface area contributed by atoms with Crippen LogP contribution < -0.4 is 20.9 Å². The monoisotopic (exact) mass is 475 g/mol. The summed E-state index contributed by atoms with van der Waals surface area (Å²) in [5.41, 5.74) is 7.06. The number of imidazole rings is 1. The van der Waals surface area contributed by atoms with Crippen LogP contribution in [0.2, 0.25) is 0 Å². The fourth-order valence-electron chi connectivity index (χ4n) is 3.90. The first-order valence-corrected chi connectivity index (χ1v) is 10.8. The Hall–Kier alpha value is -4.67. The second-order valence-corrected chi connectivity index (χ2v) is 7.85. The van der Waals surface area contributed by atoms with Crippen LogP contribution in [0.1, 0.15) is 23.0 Å². The van der Waals surface area contributed by atoms with E-state index in [0.717, 1.165) is 10.1 Å². The molecule has 1 aliphatic heterocycles. The van der Waals surface area contributed by atoms with Crippen molar-refractivity contribution in [1.82, 2.24) is 19.1 Å². The average molecular weight is 475 g/mol. The van der Waals surface area contributed by atoms with E-state index in [9.17, 15) is 14.4 Å². The van der Waals surface area contributed by atoms with Crippen molar-refractivity contribution in [3.63, 3.8) is 0 Å². The van der Waals surface area contributed by atoms with Crippen LogP contribution in [0.4, 0.5) is 0 Å². The third kappa shape index (κ3) is 3.86. The smallest absolute Gasteiger partial charge is 0.335 e. The minimum Gasteiger partial charge on any atom is -0.465 e. The number of nitrogens with two attached hydrogens (primary N) is 1. The van der Waals surface area contributed by atoms with E-state index in [1.807, 2.05) is 19.1 Å². The summed E-state index contributed by atoms with van der Waals surface area (Å²) in [4.78, 5) is 47.4. The molecule has 11 heteroatoms. The highest BCUT2D eigenvalue weighted by molar-refractivity contribution is 6.02. The molecule has 5 rings (SSSR count). The van der Waals surface area contributed by atoms with Gasteiger partial charge in [-0.2, -0.15) is 0 Å². The molecular formula is C24H21N5O6. The van der Waals surface area contributed by atoms with Gasteiger partial charge in [0.25, 0.3) is 5.91 Å². The first-order valence-electron chi connectivity index (χ1n) is 10.8. The Morgan fingerprint density at radius 2 is 1.83 bits per heavy atom. The molecule has 35 heavy (non-hydrogen) atoms. The quantitative estimate of drug-likeness (QED) is 0.417. The summed E-state index contributed by atoms with van der Waals surface area (Å²) < 4.78 is 18.2. The molecule has 2 N–H and O–H groups in total. The molecule has 0 radical (unpaired) electrons. The van der Waals surface area contributed by atoms with E-state index in [1.54, 1.807) is 37.3 Å². The van der Waals surface area contributed by atoms with Gasteiger partial charge < -0.3 is 19.9 Å². The van der Waals surface area contributed by atoms with E-state index in [0.29, 0.717) is 22.7 Å². The molecule has 2 aromatic carbocycles. The van der Waals surface area contributed by atoms with Gasteiger partial charge >= 0.3 is 11.7 Å². The maximum atomic E-state index is 13.6. The fraction of sp³-hybridized carbons (Fsp3) is 0.208. The van der Waals surface area contributed by atoms with Gasteiger partial charge in [0, 0.05) is 11.6 Å². The number of aryl methyl sites for hydroxylation is 1. The number of hydrogen-bond donors (Lipinski definition) is 1. The Morgan fingerprint density at radius 3 is 2.54 bits per heavy atom. The lowest BCUT2D eigenvalue weighted by molar-refractivity contribution is -0.143. The molecule has 0 saturated heterocycles. The summed E-state index contributed by atoms with van der Waals surface area (Å²) in [5.74, 6) is -0.342. The molecule has 1 aliphatic rings. The van der Waals surface area contributed by atoms with Crippen molar-refractivity contribution >= 4 is 23.0 Å². The molecular weight excluding hydrogens is 454 g/mol. The lowest BCUT2D eigenvalue weighted by Crippen LogP contribution is -2.28. The Labute approximate surface area is 198 Å². The van der Waals surface area contributed by atoms with Crippen LogP contribution in [0.3, 0.4) is 0 Å². The number of carbonyl (C=O) groups is 2. The second kappa shape index (κ2) is 8.60. The number of hydrogen-bond acceptors (Lipinski definition) is 8. The summed E-state index contributed by atoms with van der Waals surface area (Å²) in [6, 6.07) is 12.3. The molecule has 0 unspecified atom stereocenters. The van der Waals surface area contributed by atoms with Gasteiger partial charge in [0.05, 0.1) is 12.3 Å². The Kier molecular flexibility index (Phi) is 5.44. The normalized spacial score (nSPS) is 12.2. The van der Waals surface area contributed by atoms with Crippen LogP contribution in [-0.2, 0) is 16.1 Å². The zero-order chi connectivity index (χ0) is 24.7. The Morgan fingerprint density at radius 1 is 1.09 bits per heavy atom. The number of esters is 1. The number of amides is 1. The summed E-state index contributed by atoms with van der Waals surface area (Å²) in [6.07, 6.45) is 0. The molecule has 4 aromatic rings. The number of primary amides is 1. The topological polar surface area (TPSA) is 141 Å². The fourth-order valence-corrected chi connectivity index (χ4v) is 3.90. The van der Waals surface area contributed by atoms with Gasteiger partial charge in [-0.05, 0) is 26.0 Å². The van der Waals surface area contributed by atoms with Crippen molar-refractivity contribution in [2.75, 3.05) is 13.4 Å². The van der Waals surface area contributed by atoms with E-state index in [-0.39, 0.29) is 36.1 Å². The summed E-state index contributed by atoms with van der Waals surface area (Å²) in [7, 11) is 0. The molecule has 1 amide bonds. The molecule has 178 valence electrons. The number of nitrogens with zero attached hydrogens (tertiary/aromatic N) is 4. The van der Waals surface area contributed by atoms with Gasteiger partial charge in [0.15, 0.2) is 28.7 Å². The van der Waals surface area contributed by atoms with Crippen molar-refractivity contribution in [1.29, 1.82) is 0 Å². The van der Waals surface area contributed by atoms with Gasteiger partial charge in [-0.1, -0.05) is 29.8 Å². The Bertz CT molecular complexity index is 1540. The summed E-state index contributed by atoms with van der Waals surface area (Å²) in [6.45, 7) is 3.33. The molecule has 0 aliphatic carbocycles. The van der Waals surface area contributed by atoms with Gasteiger partial charge in [0.2, 0.25) is 6.79 Å². The zero-order valence-corrected chi connectivity index (χ0v) is 19.0. The highest BCUT2D eigenvalue weighted by Gasteiger charge is 2.26. The minimum atomic E-state index is -0.869. The van der Waals surface area contributed by atoms with E-state index in [2.05, 4.69) is 9.97 Å². The first-order chi connectivity index (χ1) is 16.9. The molecule has 0 saturated carbocycles. The molecule has 0 bridgehead atoms. The van der Waals surface area contributed by atoms with Gasteiger partial charge in [0.1, 0.15) is 12.1 Å². The molecule has 2 aromatic heterocycles. The van der Waals surface area contributed by atoms with Crippen LogP contribution in [0.25, 0.3) is 28.2 Å². The van der Waals surface area contributed by atoms with E-state index < -0.39 is 24.1 Å². The van der Waals surface area contributed by atoms with Crippen molar-refractivity contribution in [3.05, 3.63) is 64.2 Å². The summed E-state index contributed by atoms with van der Waals surface area (Å²) in [5, 5.41) is 0. The number of carbonyl (C=O) groups excluding carboxylic acids is 2. The lowest BCUT2D eigenvalue weighted by atomic mass is 10.1. The summed E-state index contributed by atoms with van der Waals surface area (Å²) >= 11 is 0. The highest BCUT2D eigenvalue weighted by atomic mass is 16.7. The molecule has 11 nitrogen and oxygen atoms in total. The number of benzene rings is 2. The molecule has 3 heterocycles. The van der Waals surface area contributed by atoms with Crippen molar-refractivity contribution < 1.29 is 23.8 Å². The van der Waals surface area contributed by atoms with Gasteiger partial charge in [-0.25, -0.2) is 19.3 Å². The number of ether oxygens (including phenoxy) is 3. The maximum Gasteiger partial charge on any atom is 0.335 e. The van der Waals surface area contributed by atoms with Crippen molar-refractivity contribution in [2.45, 2.75) is 20.4 Å². The molecule has 0 fully saturated rings. The predicted molar refractivity (Wildman–Crippen MR) is 125 cm³/mol. The van der Waals surface area contributed by atoms with Gasteiger partial charge in [-0.3, -0.25) is 14.2 Å². The Balaban J connectivity index is 1.82. The zero-order valence-electron chi connectivity index (χ0n) is 19.0. The van der Waals surface area contributed by atoms with Gasteiger partial charge in [-0.15, -0.1) is 0 Å². The first kappa shape index (κ1) is 22.1. The maximum absolute atomic E-state index is 13.6. The largest absolute Gasteiger partial charge is 0.465 e. The lowest BCUT2D eigenvalue weighted by Gasteiger charge is -2.08. The van der Waals surface area contributed by atoms with E-state index in [4.69, 9.17) is 19.9 Å². The minimum absolute atomic E-state index is 0.0316. The van der Waals surface area contributed by atoms with E-state index in [1.165, 1.54) is 4.57 Å². The molecule has 0 atom stereocenters. The van der Waals surface area contributed by atoms with Crippen LogP contribution in [-0.4, -0.2) is 44.4 Å². The standard InChI is InChI=1S/C24H21N5O6/c1-3-33-18(30)11-28-20-19(21(25)31)26-22(14-6-4-13(2)5-7-14)27-23(20)29(24(28)32)15-8-9-16-17(10-15)35-12-34-16/h4-10H,3,11-12H2,1-2H3,(H2,25,31). The number of fused-ring (bicyclic) bond motifs is 2. The third-order valence-electron chi connectivity index (χ3n) is 5.52. The number of aromatic nitrogens is 4. The molecule has 0 spiro atoms. The van der Waals surface area contributed by atoms with Crippen LogP contribution in [0.15, 0.2) is 47.3 Å². The number of rotatable bonds is 6. The average Bonchev–Trinajstić information content (AvgIpc) is 3.41. The van der Waals surface area contributed by atoms with E-state index >= 15 is 0 Å².